The highest BCUT2D eigenvalue weighted by Crippen LogP contribution is 2.36. The van der Waals surface area contributed by atoms with Crippen LogP contribution in [0.5, 0.6) is 0 Å². The lowest BCUT2D eigenvalue weighted by Gasteiger charge is -2.20. The molecule has 0 spiro atoms. The molecule has 21 heavy (non-hydrogen) atoms. The SMILES string of the molecule is c1n[nH]c(C2CCCCC2)c1-c1nc([C@@H]2CCOC2)no1. The number of nitrogens with zero attached hydrogens (tertiary/aromatic N) is 3. The van der Waals surface area contributed by atoms with Crippen molar-refractivity contribution in [2.24, 2.45) is 0 Å². The first-order valence-electron chi connectivity index (χ1n) is 7.87. The van der Waals surface area contributed by atoms with Crippen LogP contribution in [0.3, 0.4) is 0 Å². The molecule has 1 aliphatic heterocycles. The van der Waals surface area contributed by atoms with E-state index in [9.17, 15) is 0 Å². The van der Waals surface area contributed by atoms with Crippen molar-refractivity contribution < 1.29 is 9.26 Å². The molecule has 2 aromatic heterocycles. The zero-order valence-corrected chi connectivity index (χ0v) is 12.0. The van der Waals surface area contributed by atoms with Gasteiger partial charge in [0.1, 0.15) is 0 Å². The average Bonchev–Trinajstić information content (AvgIpc) is 3.27. The minimum atomic E-state index is 0.271. The summed E-state index contributed by atoms with van der Waals surface area (Å²) >= 11 is 0. The van der Waals surface area contributed by atoms with Gasteiger partial charge in [-0.15, -0.1) is 0 Å². The van der Waals surface area contributed by atoms with Crippen LogP contribution in [0.15, 0.2) is 10.7 Å². The number of hydrogen-bond acceptors (Lipinski definition) is 5. The van der Waals surface area contributed by atoms with Crippen molar-refractivity contribution in [3.05, 3.63) is 17.7 Å². The second kappa shape index (κ2) is 5.60. The summed E-state index contributed by atoms with van der Waals surface area (Å²) in [6.45, 7) is 1.48. The van der Waals surface area contributed by atoms with Gasteiger partial charge < -0.3 is 9.26 Å². The Balaban J connectivity index is 1.60. The van der Waals surface area contributed by atoms with Crippen LogP contribution in [-0.2, 0) is 4.74 Å². The van der Waals surface area contributed by atoms with E-state index in [0.29, 0.717) is 18.4 Å². The molecule has 0 amide bonds. The summed E-state index contributed by atoms with van der Waals surface area (Å²) in [7, 11) is 0. The minimum Gasteiger partial charge on any atom is -0.381 e. The quantitative estimate of drug-likeness (QED) is 0.939. The van der Waals surface area contributed by atoms with Gasteiger partial charge in [0.2, 0.25) is 0 Å². The summed E-state index contributed by atoms with van der Waals surface area (Å²) < 4.78 is 10.9. The fraction of sp³-hybridized carbons (Fsp3) is 0.667. The molecule has 0 bridgehead atoms. The van der Waals surface area contributed by atoms with Crippen LogP contribution in [0.1, 0.15) is 61.9 Å². The van der Waals surface area contributed by atoms with E-state index < -0.39 is 0 Å². The van der Waals surface area contributed by atoms with E-state index in [4.69, 9.17) is 9.26 Å². The number of nitrogens with one attached hydrogen (secondary N) is 1. The highest BCUT2D eigenvalue weighted by molar-refractivity contribution is 5.56. The average molecular weight is 288 g/mol. The van der Waals surface area contributed by atoms with Gasteiger partial charge in [0.15, 0.2) is 5.82 Å². The van der Waals surface area contributed by atoms with Crippen molar-refractivity contribution >= 4 is 0 Å². The van der Waals surface area contributed by atoms with Gasteiger partial charge in [0.05, 0.1) is 24.1 Å². The smallest absolute Gasteiger partial charge is 0.261 e. The first-order chi connectivity index (χ1) is 10.4. The highest BCUT2D eigenvalue weighted by Gasteiger charge is 2.26. The number of aromatic nitrogens is 4. The van der Waals surface area contributed by atoms with Gasteiger partial charge in [-0.1, -0.05) is 24.4 Å². The number of rotatable bonds is 3. The van der Waals surface area contributed by atoms with Crippen LogP contribution >= 0.6 is 0 Å². The lowest BCUT2D eigenvalue weighted by molar-refractivity contribution is 0.192. The summed E-state index contributed by atoms with van der Waals surface area (Å²) in [6.07, 6.45) is 9.13. The summed E-state index contributed by atoms with van der Waals surface area (Å²) in [4.78, 5) is 4.57. The Kier molecular flexibility index (Phi) is 3.47. The van der Waals surface area contributed by atoms with Gasteiger partial charge in [-0.05, 0) is 19.3 Å². The Morgan fingerprint density at radius 2 is 2.00 bits per heavy atom. The Morgan fingerprint density at radius 1 is 1.10 bits per heavy atom. The van der Waals surface area contributed by atoms with E-state index >= 15 is 0 Å². The molecule has 6 heteroatoms. The lowest BCUT2D eigenvalue weighted by atomic mass is 9.85. The van der Waals surface area contributed by atoms with E-state index in [1.165, 1.54) is 32.1 Å². The monoisotopic (exact) mass is 288 g/mol. The fourth-order valence-corrected chi connectivity index (χ4v) is 3.42. The van der Waals surface area contributed by atoms with Gasteiger partial charge >= 0.3 is 0 Å². The molecule has 1 aliphatic carbocycles. The molecule has 2 aliphatic rings. The Bertz CT molecular complexity index is 594. The molecular formula is C15H20N4O2. The zero-order valence-electron chi connectivity index (χ0n) is 12.0. The minimum absolute atomic E-state index is 0.271. The van der Waals surface area contributed by atoms with E-state index in [-0.39, 0.29) is 5.92 Å². The summed E-state index contributed by atoms with van der Waals surface area (Å²) in [5.41, 5.74) is 2.13. The van der Waals surface area contributed by atoms with Crippen molar-refractivity contribution in [1.29, 1.82) is 0 Å². The van der Waals surface area contributed by atoms with Crippen molar-refractivity contribution in [2.45, 2.75) is 50.4 Å². The van der Waals surface area contributed by atoms with Crippen LogP contribution in [0.2, 0.25) is 0 Å². The van der Waals surface area contributed by atoms with Gasteiger partial charge in [-0.3, -0.25) is 5.10 Å². The highest BCUT2D eigenvalue weighted by atomic mass is 16.5. The van der Waals surface area contributed by atoms with E-state index in [2.05, 4.69) is 20.3 Å². The fourth-order valence-electron chi connectivity index (χ4n) is 3.42. The summed E-state index contributed by atoms with van der Waals surface area (Å²) in [5.74, 6) is 2.17. The van der Waals surface area contributed by atoms with Gasteiger partial charge in [-0.2, -0.15) is 10.1 Å². The van der Waals surface area contributed by atoms with Crippen molar-refractivity contribution in [1.82, 2.24) is 20.3 Å². The molecule has 6 nitrogen and oxygen atoms in total. The second-order valence-electron chi connectivity index (χ2n) is 6.05. The predicted octanol–water partition coefficient (Wildman–Crippen LogP) is 3.01. The molecule has 1 saturated carbocycles. The molecule has 0 radical (unpaired) electrons. The van der Waals surface area contributed by atoms with Gasteiger partial charge in [0.25, 0.3) is 5.89 Å². The molecule has 1 atom stereocenters. The van der Waals surface area contributed by atoms with E-state index in [1.807, 2.05) is 6.20 Å². The predicted molar refractivity (Wildman–Crippen MR) is 75.9 cm³/mol. The van der Waals surface area contributed by atoms with Crippen molar-refractivity contribution in [2.75, 3.05) is 13.2 Å². The normalized spacial score (nSPS) is 23.7. The first-order valence-corrected chi connectivity index (χ1v) is 7.87. The lowest BCUT2D eigenvalue weighted by Crippen LogP contribution is -2.06. The molecule has 1 saturated heterocycles. The first kappa shape index (κ1) is 13.0. The summed E-state index contributed by atoms with van der Waals surface area (Å²) in [6, 6.07) is 0. The van der Waals surface area contributed by atoms with Crippen LogP contribution in [0, 0.1) is 0 Å². The molecular weight excluding hydrogens is 268 g/mol. The maximum Gasteiger partial charge on any atom is 0.261 e. The van der Waals surface area contributed by atoms with E-state index in [0.717, 1.165) is 30.1 Å². The molecule has 4 rings (SSSR count). The summed E-state index contributed by atoms with van der Waals surface area (Å²) in [5, 5.41) is 11.5. The Hall–Kier alpha value is -1.69. The Morgan fingerprint density at radius 3 is 2.81 bits per heavy atom. The topological polar surface area (TPSA) is 76.8 Å². The third-order valence-corrected chi connectivity index (χ3v) is 4.65. The molecule has 3 heterocycles. The zero-order chi connectivity index (χ0) is 14.1. The number of ether oxygens (including phenoxy) is 1. The van der Waals surface area contributed by atoms with Gasteiger partial charge in [-0.25, -0.2) is 0 Å². The standard InChI is InChI=1S/C15H20N4O2/c1-2-4-10(5-3-1)13-12(8-16-18-13)15-17-14(19-21-15)11-6-7-20-9-11/h8,10-11H,1-7,9H2,(H,16,18)/t11-/m1/s1. The van der Waals surface area contributed by atoms with E-state index in [1.54, 1.807) is 0 Å². The molecule has 0 unspecified atom stereocenters. The third kappa shape index (κ3) is 2.48. The van der Waals surface area contributed by atoms with Crippen molar-refractivity contribution in [3.63, 3.8) is 0 Å². The largest absolute Gasteiger partial charge is 0.381 e. The number of H-pyrrole nitrogens is 1. The van der Waals surface area contributed by atoms with Crippen LogP contribution < -0.4 is 0 Å². The van der Waals surface area contributed by atoms with Crippen molar-refractivity contribution in [3.8, 4) is 11.5 Å². The molecule has 112 valence electrons. The molecule has 1 N–H and O–H groups in total. The Labute approximate surface area is 123 Å². The van der Waals surface area contributed by atoms with Crippen LogP contribution in [-0.4, -0.2) is 33.6 Å². The number of hydrogen-bond donors (Lipinski definition) is 1. The maximum absolute atomic E-state index is 5.48. The second-order valence-corrected chi connectivity index (χ2v) is 6.05. The third-order valence-electron chi connectivity index (χ3n) is 4.65. The molecule has 2 aromatic rings. The number of aromatic amines is 1. The van der Waals surface area contributed by atoms with Crippen LogP contribution in [0.25, 0.3) is 11.5 Å². The molecule has 0 aromatic carbocycles. The van der Waals surface area contributed by atoms with Crippen LogP contribution in [0.4, 0.5) is 0 Å². The molecule has 2 fully saturated rings. The maximum atomic E-state index is 5.48. The van der Waals surface area contributed by atoms with Gasteiger partial charge in [0, 0.05) is 18.4 Å².